The summed E-state index contributed by atoms with van der Waals surface area (Å²) in [6.45, 7) is 0. The Balaban J connectivity index is 2.43. The van der Waals surface area contributed by atoms with Gasteiger partial charge < -0.3 is 4.74 Å². The number of methoxy groups -OCH3 is 1. The molecule has 0 N–H and O–H groups in total. The van der Waals surface area contributed by atoms with Crippen LogP contribution in [0.5, 0.6) is 5.75 Å². The number of para-hydroxylation sites is 1. The summed E-state index contributed by atoms with van der Waals surface area (Å²) in [5, 5.41) is 9.36. The fourth-order valence-electron chi connectivity index (χ4n) is 1.98. The maximum absolute atomic E-state index is 12.5. The van der Waals surface area contributed by atoms with Crippen molar-refractivity contribution in [1.82, 2.24) is 0 Å². The molecule has 0 aromatic heterocycles. The molecule has 0 spiro atoms. The fraction of sp³-hybridized carbons (Fsp3) is 0.125. The standard InChI is InChI=1S/C16H12BrNO2/c1-20-15-8-3-2-7-13(15)14(10-18)16(19)11-5-4-6-12(17)9-11/h2-9,14H,1H3. The molecule has 0 aliphatic carbocycles. The van der Waals surface area contributed by atoms with Crippen molar-refractivity contribution in [2.24, 2.45) is 0 Å². The van der Waals surface area contributed by atoms with Gasteiger partial charge in [0.05, 0.1) is 13.2 Å². The predicted molar refractivity (Wildman–Crippen MR) is 79.8 cm³/mol. The second-order valence-electron chi connectivity index (χ2n) is 4.18. The minimum atomic E-state index is -0.875. The van der Waals surface area contributed by atoms with Crippen LogP contribution in [0.4, 0.5) is 0 Å². The highest BCUT2D eigenvalue weighted by molar-refractivity contribution is 9.10. The van der Waals surface area contributed by atoms with Crippen molar-refractivity contribution in [3.8, 4) is 11.8 Å². The lowest BCUT2D eigenvalue weighted by atomic mass is 9.91. The van der Waals surface area contributed by atoms with E-state index in [9.17, 15) is 10.1 Å². The van der Waals surface area contributed by atoms with Gasteiger partial charge in [-0.15, -0.1) is 0 Å². The van der Waals surface area contributed by atoms with Crippen LogP contribution in [-0.4, -0.2) is 12.9 Å². The van der Waals surface area contributed by atoms with E-state index < -0.39 is 5.92 Å². The van der Waals surface area contributed by atoms with Gasteiger partial charge in [-0.25, -0.2) is 0 Å². The van der Waals surface area contributed by atoms with Gasteiger partial charge in [-0.1, -0.05) is 46.3 Å². The summed E-state index contributed by atoms with van der Waals surface area (Å²) in [6.07, 6.45) is 0. The van der Waals surface area contributed by atoms with Crippen LogP contribution in [0.1, 0.15) is 21.8 Å². The number of nitrogens with zero attached hydrogens (tertiary/aromatic N) is 1. The summed E-state index contributed by atoms with van der Waals surface area (Å²) in [6, 6.07) is 16.2. The van der Waals surface area contributed by atoms with Crippen LogP contribution in [0, 0.1) is 11.3 Å². The number of hydrogen-bond acceptors (Lipinski definition) is 3. The number of ether oxygens (including phenoxy) is 1. The van der Waals surface area contributed by atoms with Gasteiger partial charge in [-0.3, -0.25) is 4.79 Å². The lowest BCUT2D eigenvalue weighted by molar-refractivity contribution is 0.0977. The van der Waals surface area contributed by atoms with E-state index in [4.69, 9.17) is 4.74 Å². The number of benzene rings is 2. The molecule has 0 bridgehead atoms. The summed E-state index contributed by atoms with van der Waals surface area (Å²) in [4.78, 5) is 12.5. The Hall–Kier alpha value is -2.12. The quantitative estimate of drug-likeness (QED) is 0.798. The Morgan fingerprint density at radius 3 is 2.65 bits per heavy atom. The van der Waals surface area contributed by atoms with Crippen LogP contribution in [-0.2, 0) is 0 Å². The van der Waals surface area contributed by atoms with Gasteiger partial charge >= 0.3 is 0 Å². The number of carbonyl (C=O) groups excluding carboxylic acids is 1. The van der Waals surface area contributed by atoms with Crippen LogP contribution in [0.3, 0.4) is 0 Å². The molecule has 1 atom stereocenters. The van der Waals surface area contributed by atoms with E-state index in [0.717, 1.165) is 4.47 Å². The lowest BCUT2D eigenvalue weighted by Gasteiger charge is -2.12. The molecular formula is C16H12BrNO2. The second-order valence-corrected chi connectivity index (χ2v) is 5.09. The Labute approximate surface area is 125 Å². The Bertz CT molecular complexity index is 676. The molecule has 0 saturated carbocycles. The molecule has 3 nitrogen and oxygen atoms in total. The van der Waals surface area contributed by atoms with Crippen molar-refractivity contribution < 1.29 is 9.53 Å². The van der Waals surface area contributed by atoms with Crippen molar-refractivity contribution in [2.45, 2.75) is 5.92 Å². The van der Waals surface area contributed by atoms with Crippen molar-refractivity contribution in [3.05, 3.63) is 64.1 Å². The molecule has 0 aliphatic heterocycles. The Morgan fingerprint density at radius 2 is 2.00 bits per heavy atom. The lowest BCUT2D eigenvalue weighted by Crippen LogP contribution is -2.12. The van der Waals surface area contributed by atoms with E-state index in [1.807, 2.05) is 6.07 Å². The first-order chi connectivity index (χ1) is 9.67. The molecule has 0 fully saturated rings. The van der Waals surface area contributed by atoms with Crippen molar-refractivity contribution in [2.75, 3.05) is 7.11 Å². The molecule has 100 valence electrons. The number of Topliss-reactive ketones (excluding diaryl/α,β-unsaturated/α-hetero) is 1. The van der Waals surface area contributed by atoms with Crippen LogP contribution in [0.25, 0.3) is 0 Å². The summed E-state index contributed by atoms with van der Waals surface area (Å²) in [5.41, 5.74) is 1.08. The molecule has 1 unspecified atom stereocenters. The first kappa shape index (κ1) is 14.3. The number of rotatable bonds is 4. The predicted octanol–water partition coefficient (Wildman–Crippen LogP) is 3.95. The minimum Gasteiger partial charge on any atom is -0.496 e. The van der Waals surface area contributed by atoms with Crippen LogP contribution < -0.4 is 4.74 Å². The molecule has 20 heavy (non-hydrogen) atoms. The number of hydrogen-bond donors (Lipinski definition) is 0. The van der Waals surface area contributed by atoms with Gasteiger partial charge in [0.25, 0.3) is 0 Å². The molecule has 0 saturated heterocycles. The highest BCUT2D eigenvalue weighted by Crippen LogP contribution is 2.29. The summed E-state index contributed by atoms with van der Waals surface area (Å²) >= 11 is 3.33. The van der Waals surface area contributed by atoms with Crippen LogP contribution >= 0.6 is 15.9 Å². The van der Waals surface area contributed by atoms with Crippen molar-refractivity contribution in [3.63, 3.8) is 0 Å². The fourth-order valence-corrected chi connectivity index (χ4v) is 2.38. The maximum atomic E-state index is 12.5. The number of halogens is 1. The van der Waals surface area contributed by atoms with Crippen LogP contribution in [0.2, 0.25) is 0 Å². The Morgan fingerprint density at radius 1 is 1.25 bits per heavy atom. The van der Waals surface area contributed by atoms with Crippen molar-refractivity contribution >= 4 is 21.7 Å². The molecule has 2 aromatic carbocycles. The minimum absolute atomic E-state index is 0.238. The zero-order chi connectivity index (χ0) is 14.5. The van der Waals surface area contributed by atoms with Gasteiger partial charge in [0.1, 0.15) is 11.7 Å². The second kappa shape index (κ2) is 6.36. The molecule has 0 heterocycles. The third-order valence-corrected chi connectivity index (χ3v) is 3.44. The maximum Gasteiger partial charge on any atom is 0.184 e. The van der Waals surface area contributed by atoms with Gasteiger partial charge in [0.15, 0.2) is 5.78 Å². The summed E-state index contributed by atoms with van der Waals surface area (Å²) in [5.74, 6) is -0.568. The third kappa shape index (κ3) is 2.89. The van der Waals surface area contributed by atoms with E-state index in [1.54, 1.807) is 42.5 Å². The topological polar surface area (TPSA) is 50.1 Å². The third-order valence-electron chi connectivity index (χ3n) is 2.95. The van der Waals surface area contributed by atoms with Gasteiger partial charge in [0, 0.05) is 15.6 Å². The Kier molecular flexibility index (Phi) is 4.54. The van der Waals surface area contributed by atoms with E-state index in [0.29, 0.717) is 16.9 Å². The van der Waals surface area contributed by atoms with Crippen molar-refractivity contribution in [1.29, 1.82) is 5.26 Å². The van der Waals surface area contributed by atoms with Crippen LogP contribution in [0.15, 0.2) is 53.0 Å². The first-order valence-corrected chi connectivity index (χ1v) is 6.79. The molecule has 0 amide bonds. The normalized spacial score (nSPS) is 11.4. The zero-order valence-corrected chi connectivity index (χ0v) is 12.4. The molecular weight excluding hydrogens is 318 g/mol. The first-order valence-electron chi connectivity index (χ1n) is 5.99. The number of nitriles is 1. The average Bonchev–Trinajstić information content (AvgIpc) is 2.48. The monoisotopic (exact) mass is 329 g/mol. The largest absolute Gasteiger partial charge is 0.496 e. The smallest absolute Gasteiger partial charge is 0.184 e. The zero-order valence-electron chi connectivity index (χ0n) is 10.8. The molecule has 0 aliphatic rings. The van der Waals surface area contributed by atoms with E-state index in [-0.39, 0.29) is 5.78 Å². The van der Waals surface area contributed by atoms with Gasteiger partial charge in [0.2, 0.25) is 0 Å². The summed E-state index contributed by atoms with van der Waals surface area (Å²) in [7, 11) is 1.52. The van der Waals surface area contributed by atoms with E-state index in [2.05, 4.69) is 22.0 Å². The molecule has 0 radical (unpaired) electrons. The summed E-state index contributed by atoms with van der Waals surface area (Å²) < 4.78 is 6.03. The molecule has 4 heteroatoms. The average molecular weight is 330 g/mol. The SMILES string of the molecule is COc1ccccc1C(C#N)C(=O)c1cccc(Br)c1. The van der Waals surface area contributed by atoms with Gasteiger partial charge in [-0.05, 0) is 18.2 Å². The molecule has 2 aromatic rings. The van der Waals surface area contributed by atoms with E-state index >= 15 is 0 Å². The van der Waals surface area contributed by atoms with E-state index in [1.165, 1.54) is 7.11 Å². The number of ketones is 1. The molecule has 2 rings (SSSR count). The number of carbonyl (C=O) groups is 1. The highest BCUT2D eigenvalue weighted by atomic mass is 79.9. The highest BCUT2D eigenvalue weighted by Gasteiger charge is 2.24. The van der Waals surface area contributed by atoms with Gasteiger partial charge in [-0.2, -0.15) is 5.26 Å².